The van der Waals surface area contributed by atoms with E-state index >= 15 is 0 Å². The van der Waals surface area contributed by atoms with Gasteiger partial charge in [-0.3, -0.25) is 0 Å². The number of hydrogen-bond donors (Lipinski definition) is 2. The average molecular weight is 259 g/mol. The molecule has 0 atom stereocenters. The van der Waals surface area contributed by atoms with Crippen LogP contribution in [0, 0.1) is 5.82 Å². The van der Waals surface area contributed by atoms with E-state index in [1.165, 1.54) is 12.1 Å². The molecule has 1 aromatic carbocycles. The van der Waals surface area contributed by atoms with Crippen molar-refractivity contribution in [2.24, 2.45) is 0 Å². The second kappa shape index (κ2) is 3.06. The van der Waals surface area contributed by atoms with Crippen molar-refractivity contribution >= 4 is 32.9 Å². The van der Waals surface area contributed by atoms with E-state index in [2.05, 4.69) is 25.9 Å². The Labute approximate surface area is 85.9 Å². The number of fused-ring (bicyclic) bond motifs is 1. The van der Waals surface area contributed by atoms with Crippen molar-refractivity contribution in [2.75, 3.05) is 0 Å². The highest BCUT2D eigenvalue weighted by Gasteiger charge is 2.15. The number of nitrogens with zero attached hydrogens (tertiary/aromatic N) is 1. The first-order chi connectivity index (χ1) is 6.59. The van der Waals surface area contributed by atoms with Crippen molar-refractivity contribution in [3.63, 3.8) is 0 Å². The summed E-state index contributed by atoms with van der Waals surface area (Å²) < 4.78 is 13.8. The fourth-order valence-corrected chi connectivity index (χ4v) is 1.57. The maximum absolute atomic E-state index is 13.4. The molecule has 1 aromatic heterocycles. The third-order valence-corrected chi connectivity index (χ3v) is 2.17. The largest absolute Gasteiger partial charge is 0.478 e. The van der Waals surface area contributed by atoms with Gasteiger partial charge < -0.3 is 10.1 Å². The molecule has 72 valence electrons. The summed E-state index contributed by atoms with van der Waals surface area (Å²) in [5, 5.41) is 8.64. The first-order valence-electron chi connectivity index (χ1n) is 3.66. The molecule has 0 amide bonds. The normalized spacial score (nSPS) is 10.7. The Balaban J connectivity index is 2.80. The van der Waals surface area contributed by atoms with Gasteiger partial charge in [0.25, 0.3) is 0 Å². The third kappa shape index (κ3) is 1.27. The summed E-state index contributed by atoms with van der Waals surface area (Å²) in [6, 6.07) is 2.67. The van der Waals surface area contributed by atoms with Gasteiger partial charge in [-0.15, -0.1) is 0 Å². The number of rotatable bonds is 1. The monoisotopic (exact) mass is 258 g/mol. The van der Waals surface area contributed by atoms with Gasteiger partial charge in [-0.25, -0.2) is 14.2 Å². The number of aromatic carboxylic acids is 1. The fraction of sp³-hybridized carbons (Fsp3) is 0. The molecule has 0 radical (unpaired) electrons. The van der Waals surface area contributed by atoms with Gasteiger partial charge in [-0.1, -0.05) is 0 Å². The lowest BCUT2D eigenvalue weighted by molar-refractivity contribution is 0.0692. The number of nitrogens with one attached hydrogen (secondary N) is 1. The van der Waals surface area contributed by atoms with Crippen LogP contribution in [0.5, 0.6) is 0 Å². The lowest BCUT2D eigenvalue weighted by Gasteiger charge is -1.96. The van der Waals surface area contributed by atoms with E-state index in [4.69, 9.17) is 5.11 Å². The molecule has 0 spiro atoms. The van der Waals surface area contributed by atoms with E-state index in [1.54, 1.807) is 0 Å². The fourth-order valence-electron chi connectivity index (χ4n) is 1.18. The van der Waals surface area contributed by atoms with E-state index in [0.717, 1.165) is 0 Å². The van der Waals surface area contributed by atoms with Crippen LogP contribution in [0.25, 0.3) is 11.0 Å². The Kier molecular flexibility index (Phi) is 1.99. The molecule has 0 saturated carbocycles. The van der Waals surface area contributed by atoms with Crippen LogP contribution in [0.3, 0.4) is 0 Å². The number of H-pyrrole nitrogens is 1. The molecule has 14 heavy (non-hydrogen) atoms. The Hall–Kier alpha value is -1.43. The zero-order valence-electron chi connectivity index (χ0n) is 6.71. The van der Waals surface area contributed by atoms with Crippen LogP contribution in [0.15, 0.2) is 16.9 Å². The maximum atomic E-state index is 13.4. The SMILES string of the molecule is O=C(O)c1ccc2[nH]c(Br)nc2c1F. The summed E-state index contributed by atoms with van der Waals surface area (Å²) in [5.41, 5.74) is 0.104. The average Bonchev–Trinajstić information content (AvgIpc) is 2.46. The highest BCUT2D eigenvalue weighted by atomic mass is 79.9. The molecular weight excluding hydrogens is 255 g/mol. The van der Waals surface area contributed by atoms with Gasteiger partial charge in [0.05, 0.1) is 11.1 Å². The van der Waals surface area contributed by atoms with Crippen LogP contribution < -0.4 is 0 Å². The first kappa shape index (κ1) is 9.14. The van der Waals surface area contributed by atoms with E-state index in [9.17, 15) is 9.18 Å². The van der Waals surface area contributed by atoms with Gasteiger partial charge in [0.15, 0.2) is 10.6 Å². The molecular formula is C8H4BrFN2O2. The topological polar surface area (TPSA) is 66.0 Å². The second-order valence-corrected chi connectivity index (χ2v) is 3.41. The molecule has 0 aliphatic rings. The maximum Gasteiger partial charge on any atom is 0.338 e. The molecule has 4 nitrogen and oxygen atoms in total. The number of carboxylic acid groups (broad SMARTS) is 1. The summed E-state index contributed by atoms with van der Waals surface area (Å²) in [6.45, 7) is 0. The molecule has 1 heterocycles. The summed E-state index contributed by atoms with van der Waals surface area (Å²) in [4.78, 5) is 17.1. The Morgan fingerprint density at radius 1 is 1.57 bits per heavy atom. The van der Waals surface area contributed by atoms with Crippen LogP contribution in [0.4, 0.5) is 4.39 Å². The highest BCUT2D eigenvalue weighted by molar-refractivity contribution is 9.10. The molecule has 0 fully saturated rings. The molecule has 2 aromatic rings. The van der Waals surface area contributed by atoms with Crippen LogP contribution in [0.2, 0.25) is 0 Å². The van der Waals surface area contributed by atoms with Gasteiger partial charge in [0.1, 0.15) is 5.52 Å². The minimum atomic E-state index is -1.30. The van der Waals surface area contributed by atoms with E-state index in [0.29, 0.717) is 10.3 Å². The zero-order valence-corrected chi connectivity index (χ0v) is 8.30. The van der Waals surface area contributed by atoms with E-state index < -0.39 is 11.8 Å². The predicted octanol–water partition coefficient (Wildman–Crippen LogP) is 2.16. The first-order valence-corrected chi connectivity index (χ1v) is 4.46. The third-order valence-electron chi connectivity index (χ3n) is 1.79. The number of imidazole rings is 1. The number of carboxylic acids is 1. The van der Waals surface area contributed by atoms with Crippen LogP contribution in [-0.2, 0) is 0 Å². The minimum Gasteiger partial charge on any atom is -0.478 e. The predicted molar refractivity (Wildman–Crippen MR) is 50.7 cm³/mol. The minimum absolute atomic E-state index is 0.0248. The summed E-state index contributed by atoms with van der Waals surface area (Å²) in [7, 11) is 0. The number of aromatic nitrogens is 2. The standard InChI is InChI=1S/C8H4BrFN2O2/c9-8-11-4-2-1-3(7(13)14)5(10)6(4)12-8/h1-2H,(H,11,12)(H,13,14). The molecule has 0 bridgehead atoms. The number of halogens is 2. The summed E-state index contributed by atoms with van der Waals surface area (Å²) in [5.74, 6) is -2.12. The van der Waals surface area contributed by atoms with Crippen molar-refractivity contribution in [3.05, 3.63) is 28.2 Å². The van der Waals surface area contributed by atoms with Crippen molar-refractivity contribution in [1.82, 2.24) is 9.97 Å². The summed E-state index contributed by atoms with van der Waals surface area (Å²) >= 11 is 3.04. The Morgan fingerprint density at radius 2 is 2.29 bits per heavy atom. The Morgan fingerprint density at radius 3 is 2.93 bits per heavy atom. The van der Waals surface area contributed by atoms with Gasteiger partial charge in [0, 0.05) is 0 Å². The number of carbonyl (C=O) groups is 1. The van der Waals surface area contributed by atoms with Gasteiger partial charge >= 0.3 is 5.97 Å². The zero-order chi connectivity index (χ0) is 10.3. The molecule has 0 saturated heterocycles. The lowest BCUT2D eigenvalue weighted by atomic mass is 10.2. The lowest BCUT2D eigenvalue weighted by Crippen LogP contribution is -2.00. The van der Waals surface area contributed by atoms with Gasteiger partial charge in [-0.05, 0) is 28.1 Å². The van der Waals surface area contributed by atoms with Crippen LogP contribution >= 0.6 is 15.9 Å². The van der Waals surface area contributed by atoms with E-state index in [1.807, 2.05) is 0 Å². The van der Waals surface area contributed by atoms with Crippen molar-refractivity contribution < 1.29 is 14.3 Å². The van der Waals surface area contributed by atoms with Gasteiger partial charge in [0.2, 0.25) is 0 Å². The van der Waals surface area contributed by atoms with Crippen molar-refractivity contribution in [2.45, 2.75) is 0 Å². The van der Waals surface area contributed by atoms with Gasteiger partial charge in [-0.2, -0.15) is 0 Å². The summed E-state index contributed by atoms with van der Waals surface area (Å²) in [6.07, 6.45) is 0. The Bertz CT molecular complexity index is 523. The number of aromatic amines is 1. The number of hydrogen-bond acceptors (Lipinski definition) is 2. The molecule has 0 aliphatic heterocycles. The quantitative estimate of drug-likeness (QED) is 0.824. The highest BCUT2D eigenvalue weighted by Crippen LogP contribution is 2.20. The molecule has 0 aliphatic carbocycles. The van der Waals surface area contributed by atoms with Crippen molar-refractivity contribution in [1.29, 1.82) is 0 Å². The smallest absolute Gasteiger partial charge is 0.338 e. The van der Waals surface area contributed by atoms with Crippen molar-refractivity contribution in [3.8, 4) is 0 Å². The van der Waals surface area contributed by atoms with E-state index in [-0.39, 0.29) is 11.1 Å². The molecule has 0 unspecified atom stereocenters. The molecule has 2 rings (SSSR count). The molecule has 6 heteroatoms. The van der Waals surface area contributed by atoms with Crippen LogP contribution in [-0.4, -0.2) is 21.0 Å². The second-order valence-electron chi connectivity index (χ2n) is 2.66. The number of benzene rings is 1. The van der Waals surface area contributed by atoms with Crippen LogP contribution in [0.1, 0.15) is 10.4 Å². The molecule has 2 N–H and O–H groups in total.